The van der Waals surface area contributed by atoms with Crippen molar-refractivity contribution in [1.29, 1.82) is 0 Å². The van der Waals surface area contributed by atoms with Gasteiger partial charge in [-0.2, -0.15) is 4.31 Å². The number of hydrogen-bond donors (Lipinski definition) is 0. The third kappa shape index (κ3) is 4.19. The van der Waals surface area contributed by atoms with Crippen molar-refractivity contribution in [2.24, 2.45) is 5.92 Å². The van der Waals surface area contributed by atoms with E-state index in [0.29, 0.717) is 24.9 Å². The molecule has 21 heavy (non-hydrogen) atoms. The molecule has 2 rings (SSSR count). The number of alkyl halides is 1. The summed E-state index contributed by atoms with van der Waals surface area (Å²) < 4.78 is 32.1. The molecular weight excluding hydrogens is 310 g/mol. The highest BCUT2D eigenvalue weighted by atomic mass is 35.5. The largest absolute Gasteiger partial charge is 0.380 e. The normalized spacial score (nSPS) is 24.1. The van der Waals surface area contributed by atoms with E-state index in [4.69, 9.17) is 16.3 Å². The van der Waals surface area contributed by atoms with Crippen molar-refractivity contribution in [2.45, 2.75) is 31.1 Å². The number of methoxy groups -OCH3 is 1. The predicted molar refractivity (Wildman–Crippen MR) is 84.8 cm³/mol. The van der Waals surface area contributed by atoms with Crippen LogP contribution in [0.5, 0.6) is 0 Å². The SMILES string of the molecule is COC1CN(S(=O)(=O)Cc2cccc(CCl)c2)CCC1C. The van der Waals surface area contributed by atoms with Gasteiger partial charge in [-0.15, -0.1) is 11.6 Å². The molecule has 1 aromatic carbocycles. The third-order valence-corrected chi connectivity index (χ3v) is 6.17. The lowest BCUT2D eigenvalue weighted by Gasteiger charge is -2.35. The van der Waals surface area contributed by atoms with Crippen LogP contribution >= 0.6 is 11.6 Å². The van der Waals surface area contributed by atoms with Crippen LogP contribution in [0.1, 0.15) is 24.5 Å². The second-order valence-electron chi connectivity index (χ2n) is 5.61. The number of nitrogens with zero attached hydrogens (tertiary/aromatic N) is 1. The van der Waals surface area contributed by atoms with Crippen LogP contribution in [0.15, 0.2) is 24.3 Å². The molecule has 0 amide bonds. The molecule has 0 N–H and O–H groups in total. The van der Waals surface area contributed by atoms with E-state index in [1.165, 1.54) is 0 Å². The van der Waals surface area contributed by atoms with Crippen molar-refractivity contribution in [1.82, 2.24) is 4.31 Å². The molecule has 0 spiro atoms. The smallest absolute Gasteiger partial charge is 0.218 e. The van der Waals surface area contributed by atoms with E-state index in [1.807, 2.05) is 24.3 Å². The molecule has 0 bridgehead atoms. The summed E-state index contributed by atoms with van der Waals surface area (Å²) in [5.41, 5.74) is 1.71. The maximum Gasteiger partial charge on any atom is 0.218 e. The lowest BCUT2D eigenvalue weighted by atomic mass is 9.97. The Morgan fingerprint density at radius 2 is 2.10 bits per heavy atom. The first-order chi connectivity index (χ1) is 9.96. The molecule has 2 atom stereocenters. The first-order valence-electron chi connectivity index (χ1n) is 7.10. The van der Waals surface area contributed by atoms with E-state index in [-0.39, 0.29) is 11.9 Å². The topological polar surface area (TPSA) is 46.6 Å². The Morgan fingerprint density at radius 3 is 2.76 bits per heavy atom. The minimum Gasteiger partial charge on any atom is -0.380 e. The van der Waals surface area contributed by atoms with Crippen LogP contribution in [0.2, 0.25) is 0 Å². The van der Waals surface area contributed by atoms with Gasteiger partial charge in [0.05, 0.1) is 11.9 Å². The predicted octanol–water partition coefficient (Wildman–Crippen LogP) is 2.61. The number of benzene rings is 1. The zero-order chi connectivity index (χ0) is 15.5. The molecule has 0 saturated carbocycles. The van der Waals surface area contributed by atoms with Crippen LogP contribution in [0.25, 0.3) is 0 Å². The molecule has 1 aliphatic rings. The molecule has 2 unspecified atom stereocenters. The van der Waals surface area contributed by atoms with Gasteiger partial charge in [-0.25, -0.2) is 8.42 Å². The van der Waals surface area contributed by atoms with E-state index in [2.05, 4.69) is 6.92 Å². The summed E-state index contributed by atoms with van der Waals surface area (Å²) in [4.78, 5) is 0. The Balaban J connectivity index is 2.11. The molecule has 118 valence electrons. The van der Waals surface area contributed by atoms with E-state index in [0.717, 1.165) is 17.5 Å². The second-order valence-corrected chi connectivity index (χ2v) is 7.84. The maximum atomic E-state index is 12.6. The van der Waals surface area contributed by atoms with Crippen LogP contribution in [-0.4, -0.2) is 39.0 Å². The van der Waals surface area contributed by atoms with E-state index >= 15 is 0 Å². The fraction of sp³-hybridized carbons (Fsp3) is 0.600. The average molecular weight is 332 g/mol. The molecule has 1 fully saturated rings. The summed E-state index contributed by atoms with van der Waals surface area (Å²) in [6, 6.07) is 7.42. The number of hydrogen-bond acceptors (Lipinski definition) is 3. The lowest BCUT2D eigenvalue weighted by Crippen LogP contribution is -2.46. The summed E-state index contributed by atoms with van der Waals surface area (Å²) in [5.74, 6) is 0.796. The molecule has 6 heteroatoms. The Hall–Kier alpha value is -0.620. The Morgan fingerprint density at radius 1 is 1.38 bits per heavy atom. The van der Waals surface area contributed by atoms with Gasteiger partial charge in [0, 0.05) is 26.1 Å². The van der Waals surface area contributed by atoms with Crippen molar-refractivity contribution in [2.75, 3.05) is 20.2 Å². The summed E-state index contributed by atoms with van der Waals surface area (Å²) in [5, 5.41) is 0. The van der Waals surface area contributed by atoms with Gasteiger partial charge in [0.15, 0.2) is 0 Å². The van der Waals surface area contributed by atoms with Gasteiger partial charge in [-0.05, 0) is 23.5 Å². The van der Waals surface area contributed by atoms with Gasteiger partial charge < -0.3 is 4.74 Å². The number of rotatable bonds is 5. The van der Waals surface area contributed by atoms with Crippen LogP contribution in [0, 0.1) is 5.92 Å². The van der Waals surface area contributed by atoms with Gasteiger partial charge in [0.25, 0.3) is 0 Å². The molecule has 1 aromatic rings. The van der Waals surface area contributed by atoms with Gasteiger partial charge >= 0.3 is 0 Å². The zero-order valence-corrected chi connectivity index (χ0v) is 14.0. The van der Waals surface area contributed by atoms with Crippen LogP contribution in [0.4, 0.5) is 0 Å². The van der Waals surface area contributed by atoms with Crippen molar-refractivity contribution in [3.63, 3.8) is 0 Å². The first kappa shape index (κ1) is 16.7. The first-order valence-corrected chi connectivity index (χ1v) is 9.25. The lowest BCUT2D eigenvalue weighted by molar-refractivity contribution is 0.0183. The highest BCUT2D eigenvalue weighted by Crippen LogP contribution is 2.23. The van der Waals surface area contributed by atoms with Gasteiger partial charge in [-0.1, -0.05) is 31.2 Å². The standard InChI is InChI=1S/C15H22ClNO3S/c1-12-6-7-17(10-15(12)20-2)21(18,19)11-14-5-3-4-13(8-14)9-16/h3-5,8,12,15H,6-7,9-11H2,1-2H3. The second kappa shape index (κ2) is 7.09. The molecule has 0 aromatic heterocycles. The highest BCUT2D eigenvalue weighted by Gasteiger charge is 2.32. The number of sulfonamides is 1. The molecule has 1 heterocycles. The fourth-order valence-electron chi connectivity index (χ4n) is 2.67. The van der Waals surface area contributed by atoms with Crippen LogP contribution in [-0.2, 0) is 26.4 Å². The van der Waals surface area contributed by atoms with Crippen LogP contribution < -0.4 is 0 Å². The zero-order valence-electron chi connectivity index (χ0n) is 12.5. The molecule has 1 aliphatic heterocycles. The quantitative estimate of drug-likeness (QED) is 0.779. The molecule has 4 nitrogen and oxygen atoms in total. The minimum absolute atomic E-state index is 0.0164. The summed E-state index contributed by atoms with van der Waals surface area (Å²) in [6.07, 6.45) is 0.808. The van der Waals surface area contributed by atoms with Crippen molar-refractivity contribution in [3.05, 3.63) is 35.4 Å². The van der Waals surface area contributed by atoms with Crippen molar-refractivity contribution >= 4 is 21.6 Å². The molecule has 0 radical (unpaired) electrons. The van der Waals surface area contributed by atoms with Gasteiger partial charge in [0.1, 0.15) is 0 Å². The summed E-state index contributed by atoms with van der Waals surface area (Å²) in [7, 11) is -1.68. The maximum absolute atomic E-state index is 12.6. The Bertz CT molecular complexity index is 576. The summed E-state index contributed by atoms with van der Waals surface area (Å²) >= 11 is 5.80. The van der Waals surface area contributed by atoms with E-state index in [9.17, 15) is 8.42 Å². The van der Waals surface area contributed by atoms with Crippen LogP contribution in [0.3, 0.4) is 0 Å². The molecule has 1 saturated heterocycles. The fourth-order valence-corrected chi connectivity index (χ4v) is 4.38. The average Bonchev–Trinajstić information content (AvgIpc) is 2.47. The highest BCUT2D eigenvalue weighted by molar-refractivity contribution is 7.88. The Kier molecular flexibility index (Phi) is 5.66. The number of piperidine rings is 1. The number of ether oxygens (including phenoxy) is 1. The third-order valence-electron chi connectivity index (χ3n) is 4.04. The van der Waals surface area contributed by atoms with Gasteiger partial charge in [-0.3, -0.25) is 0 Å². The van der Waals surface area contributed by atoms with Crippen molar-refractivity contribution in [3.8, 4) is 0 Å². The molecule has 0 aliphatic carbocycles. The van der Waals surface area contributed by atoms with E-state index < -0.39 is 10.0 Å². The van der Waals surface area contributed by atoms with Gasteiger partial charge in [0.2, 0.25) is 10.0 Å². The Labute approximate surface area is 132 Å². The minimum atomic E-state index is -3.32. The monoisotopic (exact) mass is 331 g/mol. The summed E-state index contributed by atoms with van der Waals surface area (Å²) in [6.45, 7) is 3.11. The molecular formula is C15H22ClNO3S. The van der Waals surface area contributed by atoms with Crippen molar-refractivity contribution < 1.29 is 13.2 Å². The number of halogens is 1. The van der Waals surface area contributed by atoms with E-state index in [1.54, 1.807) is 11.4 Å².